The quantitative estimate of drug-likeness (QED) is 0.714. The first kappa shape index (κ1) is 19.0. The summed E-state index contributed by atoms with van der Waals surface area (Å²) >= 11 is 0. The molecule has 1 aliphatic rings. The molecule has 0 aliphatic heterocycles. The van der Waals surface area contributed by atoms with E-state index in [1.165, 1.54) is 32.4 Å². The first-order valence-corrected chi connectivity index (χ1v) is 9.32. The normalized spacial score (nSPS) is 27.3. The van der Waals surface area contributed by atoms with Crippen molar-refractivity contribution in [2.75, 3.05) is 19.6 Å². The summed E-state index contributed by atoms with van der Waals surface area (Å²) in [7, 11) is 0. The van der Waals surface area contributed by atoms with Crippen LogP contribution in [0.3, 0.4) is 0 Å². The highest BCUT2D eigenvalue weighted by Crippen LogP contribution is 2.34. The average Bonchev–Trinajstić information content (AvgIpc) is 2.39. The molecule has 0 radical (unpaired) electrons. The molecule has 2 nitrogen and oxygen atoms in total. The van der Waals surface area contributed by atoms with Crippen molar-refractivity contribution in [1.29, 1.82) is 0 Å². The van der Waals surface area contributed by atoms with Crippen molar-refractivity contribution in [3.05, 3.63) is 0 Å². The van der Waals surface area contributed by atoms with E-state index in [1.54, 1.807) is 0 Å². The van der Waals surface area contributed by atoms with Crippen molar-refractivity contribution in [2.24, 2.45) is 23.7 Å². The summed E-state index contributed by atoms with van der Waals surface area (Å²) in [4.78, 5) is 2.71. The molecule has 0 amide bonds. The van der Waals surface area contributed by atoms with E-state index in [9.17, 15) is 0 Å². The van der Waals surface area contributed by atoms with Gasteiger partial charge >= 0.3 is 0 Å². The third kappa shape index (κ3) is 6.28. The fourth-order valence-corrected chi connectivity index (χ4v) is 3.90. The van der Waals surface area contributed by atoms with E-state index in [0.29, 0.717) is 6.04 Å². The second-order valence-corrected chi connectivity index (χ2v) is 8.18. The van der Waals surface area contributed by atoms with Crippen LogP contribution >= 0.6 is 0 Å². The van der Waals surface area contributed by atoms with Crippen molar-refractivity contribution >= 4 is 0 Å². The molecule has 0 aromatic carbocycles. The van der Waals surface area contributed by atoms with E-state index in [4.69, 9.17) is 0 Å². The number of rotatable bonds is 8. The lowest BCUT2D eigenvalue weighted by molar-refractivity contribution is 0.0988. The molecule has 0 heterocycles. The Kier molecular flexibility index (Phi) is 8.26. The van der Waals surface area contributed by atoms with Crippen LogP contribution in [0.1, 0.15) is 67.7 Å². The van der Waals surface area contributed by atoms with E-state index < -0.39 is 0 Å². The molecule has 1 N–H and O–H groups in total. The highest BCUT2D eigenvalue weighted by molar-refractivity contribution is 4.88. The Labute approximate surface area is 134 Å². The second kappa shape index (κ2) is 9.15. The van der Waals surface area contributed by atoms with Gasteiger partial charge in [0.05, 0.1) is 0 Å². The van der Waals surface area contributed by atoms with Gasteiger partial charge in [-0.05, 0) is 63.3 Å². The maximum absolute atomic E-state index is 3.76. The van der Waals surface area contributed by atoms with Crippen LogP contribution in [0.5, 0.6) is 0 Å². The van der Waals surface area contributed by atoms with Crippen LogP contribution in [0.4, 0.5) is 0 Å². The molecule has 2 heteroatoms. The van der Waals surface area contributed by atoms with Gasteiger partial charge in [0.15, 0.2) is 0 Å². The molecule has 1 aliphatic carbocycles. The summed E-state index contributed by atoms with van der Waals surface area (Å²) < 4.78 is 0. The highest BCUT2D eigenvalue weighted by atomic mass is 15.2. The van der Waals surface area contributed by atoms with Crippen molar-refractivity contribution in [3.63, 3.8) is 0 Å². The summed E-state index contributed by atoms with van der Waals surface area (Å²) in [6.07, 6.45) is 4.20. The standard InChI is InChI=1S/C19H40N2/c1-8-20-19-10-9-17(15(4)5)11-18(19)13-21(16(6)7)12-14(2)3/h14-20H,8-13H2,1-7H3. The van der Waals surface area contributed by atoms with Gasteiger partial charge in [-0.25, -0.2) is 0 Å². The zero-order valence-corrected chi connectivity index (χ0v) is 15.7. The summed E-state index contributed by atoms with van der Waals surface area (Å²) in [5.74, 6) is 3.35. The largest absolute Gasteiger partial charge is 0.314 e. The van der Waals surface area contributed by atoms with Gasteiger partial charge in [0.25, 0.3) is 0 Å². The Bertz CT molecular complexity index is 273. The first-order valence-electron chi connectivity index (χ1n) is 9.32. The molecule has 0 saturated heterocycles. The molecule has 126 valence electrons. The van der Waals surface area contributed by atoms with Crippen molar-refractivity contribution in [3.8, 4) is 0 Å². The Hall–Kier alpha value is -0.0800. The van der Waals surface area contributed by atoms with Crippen LogP contribution in [0.15, 0.2) is 0 Å². The summed E-state index contributed by atoms with van der Waals surface area (Å²) in [5, 5.41) is 3.76. The molecule has 3 atom stereocenters. The Morgan fingerprint density at radius 3 is 2.19 bits per heavy atom. The van der Waals surface area contributed by atoms with Gasteiger partial charge in [0.2, 0.25) is 0 Å². The third-order valence-electron chi connectivity index (χ3n) is 5.23. The Balaban J connectivity index is 2.70. The SMILES string of the molecule is CCNC1CCC(C(C)C)CC1CN(CC(C)C)C(C)C. The summed E-state index contributed by atoms with van der Waals surface area (Å²) in [6.45, 7) is 20.1. The predicted molar refractivity (Wildman–Crippen MR) is 94.7 cm³/mol. The molecule has 1 rings (SSSR count). The highest BCUT2D eigenvalue weighted by Gasteiger charge is 2.32. The average molecular weight is 297 g/mol. The lowest BCUT2D eigenvalue weighted by Crippen LogP contribution is -2.48. The van der Waals surface area contributed by atoms with Crippen LogP contribution in [0.2, 0.25) is 0 Å². The molecule has 0 bridgehead atoms. The van der Waals surface area contributed by atoms with E-state index in [1.807, 2.05) is 0 Å². The maximum Gasteiger partial charge on any atom is 0.0108 e. The van der Waals surface area contributed by atoms with Crippen LogP contribution in [-0.4, -0.2) is 36.6 Å². The number of nitrogens with one attached hydrogen (secondary N) is 1. The smallest absolute Gasteiger partial charge is 0.0108 e. The number of hydrogen-bond acceptors (Lipinski definition) is 2. The minimum atomic E-state index is 0.661. The van der Waals surface area contributed by atoms with E-state index in [-0.39, 0.29) is 0 Å². The zero-order chi connectivity index (χ0) is 16.0. The molecule has 0 aromatic heterocycles. The minimum Gasteiger partial charge on any atom is -0.314 e. The Morgan fingerprint density at radius 2 is 1.71 bits per heavy atom. The van der Waals surface area contributed by atoms with Crippen molar-refractivity contribution < 1.29 is 0 Å². The fraction of sp³-hybridized carbons (Fsp3) is 1.00. The van der Waals surface area contributed by atoms with Gasteiger partial charge in [-0.15, -0.1) is 0 Å². The van der Waals surface area contributed by atoms with E-state index >= 15 is 0 Å². The van der Waals surface area contributed by atoms with Crippen molar-refractivity contribution in [1.82, 2.24) is 10.2 Å². The van der Waals surface area contributed by atoms with Gasteiger partial charge in [-0.3, -0.25) is 0 Å². The van der Waals surface area contributed by atoms with Gasteiger partial charge in [-0.1, -0.05) is 34.6 Å². The van der Waals surface area contributed by atoms with Gasteiger partial charge in [0.1, 0.15) is 0 Å². The zero-order valence-electron chi connectivity index (χ0n) is 15.7. The van der Waals surface area contributed by atoms with Crippen molar-refractivity contribution in [2.45, 2.75) is 79.8 Å². The molecular weight excluding hydrogens is 256 g/mol. The Morgan fingerprint density at radius 1 is 1.05 bits per heavy atom. The second-order valence-electron chi connectivity index (χ2n) is 8.18. The molecule has 1 fully saturated rings. The van der Waals surface area contributed by atoms with Gasteiger partial charge in [0, 0.05) is 25.2 Å². The molecule has 0 spiro atoms. The predicted octanol–water partition coefficient (Wildman–Crippen LogP) is 4.40. The summed E-state index contributed by atoms with van der Waals surface area (Å²) in [6, 6.07) is 1.40. The van der Waals surface area contributed by atoms with Crippen LogP contribution in [-0.2, 0) is 0 Å². The van der Waals surface area contributed by atoms with Crippen LogP contribution in [0, 0.1) is 23.7 Å². The molecule has 21 heavy (non-hydrogen) atoms. The fourth-order valence-electron chi connectivity index (χ4n) is 3.90. The topological polar surface area (TPSA) is 15.3 Å². The number of hydrogen-bond donors (Lipinski definition) is 1. The van der Waals surface area contributed by atoms with Crippen LogP contribution < -0.4 is 5.32 Å². The maximum atomic E-state index is 3.76. The van der Waals surface area contributed by atoms with E-state index in [0.717, 1.165) is 36.3 Å². The van der Waals surface area contributed by atoms with Gasteiger partial charge < -0.3 is 10.2 Å². The number of nitrogens with zero attached hydrogens (tertiary/aromatic N) is 1. The third-order valence-corrected chi connectivity index (χ3v) is 5.23. The lowest BCUT2D eigenvalue weighted by atomic mass is 9.73. The monoisotopic (exact) mass is 296 g/mol. The molecule has 1 saturated carbocycles. The first-order chi connectivity index (χ1) is 9.85. The van der Waals surface area contributed by atoms with E-state index in [2.05, 4.69) is 58.7 Å². The molecule has 0 aromatic rings. The van der Waals surface area contributed by atoms with Gasteiger partial charge in [-0.2, -0.15) is 0 Å². The molecule has 3 unspecified atom stereocenters. The minimum absolute atomic E-state index is 0.661. The lowest BCUT2D eigenvalue weighted by Gasteiger charge is -2.42. The van der Waals surface area contributed by atoms with Crippen LogP contribution in [0.25, 0.3) is 0 Å². The molecular formula is C19H40N2. The summed E-state index contributed by atoms with van der Waals surface area (Å²) in [5.41, 5.74) is 0.